The zero-order chi connectivity index (χ0) is 28.2. The van der Waals surface area contributed by atoms with Crippen LogP contribution in [-0.2, 0) is 11.2 Å². The number of fused-ring (bicyclic) bond motifs is 4. The Kier molecular flexibility index (Phi) is 6.18. The molecule has 2 N–H and O–H groups in total. The van der Waals surface area contributed by atoms with Crippen LogP contribution in [0, 0.1) is 0 Å². The summed E-state index contributed by atoms with van der Waals surface area (Å²) in [5, 5.41) is 4.19. The number of carbonyl (C=O) groups excluding carboxylic acids is 3. The van der Waals surface area contributed by atoms with Crippen LogP contribution in [0.5, 0.6) is 0 Å². The van der Waals surface area contributed by atoms with Crippen molar-refractivity contribution in [3.8, 4) is 0 Å². The zero-order valence-electron chi connectivity index (χ0n) is 23.4. The van der Waals surface area contributed by atoms with E-state index in [2.05, 4.69) is 54.5 Å². The Bertz CT molecular complexity index is 1670. The second kappa shape index (κ2) is 9.91. The molecular weight excluding hydrogens is 512 g/mol. The first-order chi connectivity index (χ1) is 19.9. The molecule has 1 saturated carbocycles. The van der Waals surface area contributed by atoms with Crippen LogP contribution >= 0.6 is 0 Å². The highest BCUT2D eigenvalue weighted by atomic mass is 16.2. The van der Waals surface area contributed by atoms with E-state index in [1.807, 2.05) is 18.2 Å². The van der Waals surface area contributed by atoms with Crippen LogP contribution in [-0.4, -0.2) is 39.8 Å². The molecule has 1 aliphatic carbocycles. The third-order valence-electron chi connectivity index (χ3n) is 9.05. The Balaban J connectivity index is 1.32. The maximum atomic E-state index is 14.3. The van der Waals surface area contributed by atoms with Crippen LogP contribution in [0.1, 0.15) is 84.2 Å². The average molecular weight is 547 g/mol. The van der Waals surface area contributed by atoms with Crippen molar-refractivity contribution in [3.63, 3.8) is 0 Å². The monoisotopic (exact) mass is 546 g/mol. The Hall–Kier alpha value is -4.39. The molecule has 0 bridgehead atoms. The molecule has 7 nitrogen and oxygen atoms in total. The maximum absolute atomic E-state index is 14.3. The molecule has 4 amide bonds. The summed E-state index contributed by atoms with van der Waals surface area (Å²) in [6, 6.07) is 22.0. The van der Waals surface area contributed by atoms with E-state index in [1.165, 1.54) is 10.5 Å². The number of nitrogens with one attached hydrogen (secondary N) is 2. The number of imide groups is 1. The van der Waals surface area contributed by atoms with Gasteiger partial charge in [-0.05, 0) is 53.6 Å². The van der Waals surface area contributed by atoms with E-state index in [1.54, 1.807) is 29.2 Å². The predicted octanol–water partition coefficient (Wildman–Crippen LogP) is 6.45. The lowest BCUT2D eigenvalue weighted by molar-refractivity contribution is -0.120. The SMILES string of the molecule is CC(C)c1ccc(C2c3[nH]c4ccccc4c3CC3C(=O)N(c4ccccc4C(=O)NC4CCCC4)C(=O)N32)cc1. The van der Waals surface area contributed by atoms with Gasteiger partial charge in [-0.1, -0.05) is 81.3 Å². The molecular formula is C34H34N4O3. The number of aromatic nitrogens is 1. The van der Waals surface area contributed by atoms with Gasteiger partial charge in [0.05, 0.1) is 11.3 Å². The molecule has 1 saturated heterocycles. The fraction of sp³-hybridized carbons (Fsp3) is 0.324. The number of hydrogen-bond acceptors (Lipinski definition) is 3. The molecule has 2 fully saturated rings. The normalized spacial score (nSPS) is 20.7. The van der Waals surface area contributed by atoms with Crippen molar-refractivity contribution in [3.05, 3.63) is 101 Å². The summed E-state index contributed by atoms with van der Waals surface area (Å²) in [5.74, 6) is -0.157. The Morgan fingerprint density at radius 3 is 2.39 bits per heavy atom. The summed E-state index contributed by atoms with van der Waals surface area (Å²) < 4.78 is 0. The van der Waals surface area contributed by atoms with Crippen LogP contribution in [0.4, 0.5) is 10.5 Å². The molecule has 1 aromatic heterocycles. The van der Waals surface area contributed by atoms with Gasteiger partial charge in [0.1, 0.15) is 12.1 Å². The number of urea groups is 1. The molecule has 208 valence electrons. The molecule has 2 atom stereocenters. The maximum Gasteiger partial charge on any atom is 0.332 e. The van der Waals surface area contributed by atoms with Crippen molar-refractivity contribution in [1.82, 2.24) is 15.2 Å². The minimum absolute atomic E-state index is 0.128. The third-order valence-corrected chi connectivity index (χ3v) is 9.05. The van der Waals surface area contributed by atoms with Gasteiger partial charge in [0.2, 0.25) is 0 Å². The number of aromatic amines is 1. The minimum Gasteiger partial charge on any atom is -0.356 e. The van der Waals surface area contributed by atoms with Gasteiger partial charge >= 0.3 is 6.03 Å². The highest BCUT2D eigenvalue weighted by Gasteiger charge is 2.53. The first-order valence-corrected chi connectivity index (χ1v) is 14.7. The Morgan fingerprint density at radius 2 is 1.63 bits per heavy atom. The van der Waals surface area contributed by atoms with E-state index in [4.69, 9.17) is 0 Å². The van der Waals surface area contributed by atoms with Crippen LogP contribution in [0.25, 0.3) is 10.9 Å². The van der Waals surface area contributed by atoms with Crippen molar-refractivity contribution in [2.75, 3.05) is 4.90 Å². The summed E-state index contributed by atoms with van der Waals surface area (Å²) in [4.78, 5) is 48.4. The topological polar surface area (TPSA) is 85.5 Å². The Labute approximate surface area is 239 Å². The highest BCUT2D eigenvalue weighted by molar-refractivity contribution is 6.24. The van der Waals surface area contributed by atoms with Gasteiger partial charge in [-0.2, -0.15) is 0 Å². The van der Waals surface area contributed by atoms with E-state index < -0.39 is 18.1 Å². The van der Waals surface area contributed by atoms with Gasteiger partial charge in [0, 0.05) is 29.1 Å². The van der Waals surface area contributed by atoms with Gasteiger partial charge in [-0.25, -0.2) is 9.69 Å². The standard InChI is InChI=1S/C34H34N4O3/c1-20(2)21-15-17-22(18-16-21)31-30-26(24-11-5-7-13-27(24)36-30)19-29-33(40)38(34(41)37(29)31)28-14-8-6-12-25(28)32(39)35-23-9-3-4-10-23/h5-8,11-18,20,23,29,31,36H,3-4,9-10,19H2,1-2H3,(H,35,39). The van der Waals surface area contributed by atoms with Crippen molar-refractivity contribution in [2.24, 2.45) is 0 Å². The van der Waals surface area contributed by atoms with E-state index in [0.29, 0.717) is 23.6 Å². The molecule has 7 heteroatoms. The van der Waals surface area contributed by atoms with Gasteiger partial charge in [0.15, 0.2) is 0 Å². The van der Waals surface area contributed by atoms with Crippen LogP contribution < -0.4 is 10.2 Å². The van der Waals surface area contributed by atoms with Crippen molar-refractivity contribution in [1.29, 1.82) is 0 Å². The molecule has 0 radical (unpaired) electrons. The second-order valence-corrected chi connectivity index (χ2v) is 11.8. The molecule has 3 aliphatic rings. The molecule has 2 aliphatic heterocycles. The number of nitrogens with zero attached hydrogens (tertiary/aromatic N) is 2. The number of carbonyl (C=O) groups is 3. The van der Waals surface area contributed by atoms with Gasteiger partial charge < -0.3 is 10.3 Å². The summed E-state index contributed by atoms with van der Waals surface area (Å²) in [7, 11) is 0. The zero-order valence-corrected chi connectivity index (χ0v) is 23.4. The van der Waals surface area contributed by atoms with Crippen molar-refractivity contribution >= 4 is 34.4 Å². The smallest absolute Gasteiger partial charge is 0.332 e. The molecule has 0 spiro atoms. The van der Waals surface area contributed by atoms with Crippen molar-refractivity contribution in [2.45, 2.75) is 70.0 Å². The van der Waals surface area contributed by atoms with E-state index in [-0.39, 0.29) is 17.9 Å². The van der Waals surface area contributed by atoms with Crippen LogP contribution in [0.15, 0.2) is 72.8 Å². The quantitative estimate of drug-likeness (QED) is 0.282. The lowest BCUT2D eigenvalue weighted by atomic mass is 9.88. The number of rotatable bonds is 5. The molecule has 2 unspecified atom stereocenters. The van der Waals surface area contributed by atoms with E-state index >= 15 is 0 Å². The lowest BCUT2D eigenvalue weighted by Crippen LogP contribution is -2.44. The third kappa shape index (κ3) is 4.14. The van der Waals surface area contributed by atoms with Gasteiger partial charge in [-0.3, -0.25) is 14.5 Å². The fourth-order valence-corrected chi connectivity index (χ4v) is 6.90. The van der Waals surface area contributed by atoms with Gasteiger partial charge in [-0.15, -0.1) is 0 Å². The number of anilines is 1. The minimum atomic E-state index is -0.671. The summed E-state index contributed by atoms with van der Waals surface area (Å²) in [6.07, 6.45) is 4.52. The summed E-state index contributed by atoms with van der Waals surface area (Å²) in [5.41, 5.74) is 5.85. The van der Waals surface area contributed by atoms with E-state index in [0.717, 1.165) is 53.4 Å². The number of amides is 4. The first kappa shape index (κ1) is 25.6. The first-order valence-electron chi connectivity index (χ1n) is 14.7. The Morgan fingerprint density at radius 1 is 0.927 bits per heavy atom. The van der Waals surface area contributed by atoms with Crippen LogP contribution in [0.3, 0.4) is 0 Å². The molecule has 4 aromatic rings. The average Bonchev–Trinajstić information content (AvgIpc) is 3.69. The van der Waals surface area contributed by atoms with Crippen LogP contribution in [0.2, 0.25) is 0 Å². The number of para-hydroxylation sites is 2. The lowest BCUT2D eigenvalue weighted by Gasteiger charge is -2.36. The molecule has 3 heterocycles. The van der Waals surface area contributed by atoms with Gasteiger partial charge in [0.25, 0.3) is 11.8 Å². The predicted molar refractivity (Wildman–Crippen MR) is 159 cm³/mol. The summed E-state index contributed by atoms with van der Waals surface area (Å²) >= 11 is 0. The number of H-pyrrole nitrogens is 1. The fourth-order valence-electron chi connectivity index (χ4n) is 6.90. The van der Waals surface area contributed by atoms with Crippen molar-refractivity contribution < 1.29 is 14.4 Å². The largest absolute Gasteiger partial charge is 0.356 e. The number of hydrogen-bond donors (Lipinski definition) is 2. The molecule has 41 heavy (non-hydrogen) atoms. The molecule has 7 rings (SSSR count). The number of benzene rings is 3. The molecule has 3 aromatic carbocycles. The summed E-state index contributed by atoms with van der Waals surface area (Å²) in [6.45, 7) is 4.31. The second-order valence-electron chi connectivity index (χ2n) is 11.8. The highest BCUT2D eigenvalue weighted by Crippen LogP contribution is 2.45. The van der Waals surface area contributed by atoms with E-state index in [9.17, 15) is 14.4 Å².